The highest BCUT2D eigenvalue weighted by atomic mass is 16.4. The molecule has 0 bridgehead atoms. The van der Waals surface area contributed by atoms with Gasteiger partial charge in [-0.05, 0) is 54.7 Å². The molecule has 0 radical (unpaired) electrons. The lowest BCUT2D eigenvalue weighted by Gasteiger charge is -2.29. The molecule has 1 aromatic carbocycles. The molecule has 0 spiro atoms. The van der Waals surface area contributed by atoms with Crippen molar-refractivity contribution in [3.8, 4) is 0 Å². The summed E-state index contributed by atoms with van der Waals surface area (Å²) in [5, 5.41) is 27.4. The maximum atomic E-state index is 13.2. The van der Waals surface area contributed by atoms with E-state index in [0.29, 0.717) is 24.0 Å². The Labute approximate surface area is 227 Å². The first-order valence-electron chi connectivity index (χ1n) is 13.5. The lowest BCUT2D eigenvalue weighted by Crippen LogP contribution is -2.47. The lowest BCUT2D eigenvalue weighted by atomic mass is 9.86. The number of aliphatic carboxylic acids is 1. The highest BCUT2D eigenvalue weighted by Gasteiger charge is 2.29. The molecule has 38 heavy (non-hydrogen) atoms. The van der Waals surface area contributed by atoms with E-state index in [1.54, 1.807) is 39.0 Å². The molecule has 0 aliphatic heterocycles. The number of rotatable bonds is 15. The van der Waals surface area contributed by atoms with Gasteiger partial charge in [0.1, 0.15) is 6.04 Å². The van der Waals surface area contributed by atoms with Crippen molar-refractivity contribution < 1.29 is 29.4 Å². The number of aliphatic hydroxyl groups is 1. The van der Waals surface area contributed by atoms with Gasteiger partial charge in [0.05, 0.1) is 12.6 Å². The third-order valence-corrected chi connectivity index (χ3v) is 6.84. The monoisotopic (exact) mass is 533 g/mol. The van der Waals surface area contributed by atoms with Crippen LogP contribution in [0.3, 0.4) is 0 Å². The van der Waals surface area contributed by atoms with Crippen LogP contribution in [0.4, 0.5) is 0 Å². The van der Waals surface area contributed by atoms with Crippen LogP contribution in [0.1, 0.15) is 88.9 Å². The van der Waals surface area contributed by atoms with E-state index in [2.05, 4.69) is 29.8 Å². The van der Waals surface area contributed by atoms with Gasteiger partial charge in [0, 0.05) is 23.1 Å². The third-order valence-electron chi connectivity index (χ3n) is 6.84. The molecular formula is C29H47N3O6. The fourth-order valence-electron chi connectivity index (χ4n) is 4.31. The fraction of sp³-hybridized carbons (Fsp3) is 0.655. The van der Waals surface area contributed by atoms with Gasteiger partial charge in [0.15, 0.2) is 0 Å². The van der Waals surface area contributed by atoms with Crippen molar-refractivity contribution in [1.29, 1.82) is 0 Å². The summed E-state index contributed by atoms with van der Waals surface area (Å²) in [6.07, 6.45) is 1.16. The summed E-state index contributed by atoms with van der Waals surface area (Å²) < 4.78 is 0. The molecule has 9 heteroatoms. The molecule has 5 atom stereocenters. The minimum Gasteiger partial charge on any atom is -0.480 e. The molecular weight excluding hydrogens is 486 g/mol. The predicted octanol–water partition coefficient (Wildman–Crippen LogP) is 3.47. The van der Waals surface area contributed by atoms with Gasteiger partial charge in [-0.3, -0.25) is 14.4 Å². The summed E-state index contributed by atoms with van der Waals surface area (Å²) in [5.41, 5.74) is 0.671. The van der Waals surface area contributed by atoms with Gasteiger partial charge >= 0.3 is 5.97 Å². The fourth-order valence-corrected chi connectivity index (χ4v) is 4.31. The predicted molar refractivity (Wildman–Crippen MR) is 148 cm³/mol. The van der Waals surface area contributed by atoms with E-state index in [1.165, 1.54) is 6.07 Å². The minimum atomic E-state index is -1.06. The molecule has 0 fully saturated rings. The lowest BCUT2D eigenvalue weighted by molar-refractivity contribution is -0.143. The Kier molecular flexibility index (Phi) is 13.5. The summed E-state index contributed by atoms with van der Waals surface area (Å²) in [6, 6.07) is 4.87. The van der Waals surface area contributed by atoms with E-state index in [-0.39, 0.29) is 60.1 Å². The molecule has 5 N–H and O–H groups in total. The summed E-state index contributed by atoms with van der Waals surface area (Å²) >= 11 is 0. The molecule has 0 saturated carbocycles. The number of carbonyl (C=O) groups is 4. The molecule has 214 valence electrons. The highest BCUT2D eigenvalue weighted by Crippen LogP contribution is 2.22. The van der Waals surface area contributed by atoms with Crippen molar-refractivity contribution in [2.75, 3.05) is 6.61 Å². The topological polar surface area (TPSA) is 145 Å². The Hall–Kier alpha value is -2.94. The Morgan fingerprint density at radius 3 is 1.71 bits per heavy atom. The van der Waals surface area contributed by atoms with Crippen molar-refractivity contribution in [2.24, 2.45) is 29.6 Å². The zero-order valence-corrected chi connectivity index (χ0v) is 24.1. The summed E-state index contributed by atoms with van der Waals surface area (Å²) in [6.45, 7) is 15.0. The third kappa shape index (κ3) is 10.4. The zero-order chi connectivity index (χ0) is 29.2. The SMILES string of the molecule is CC(C)C[C@H](NC(=O)c1cccc(C(=O)N[C@H](CO)C(C)C)c1)C(C)C[C@@H](C)C(=O)N[C@H](C(=O)O)C(C)C. The van der Waals surface area contributed by atoms with Crippen LogP contribution in [0, 0.1) is 29.6 Å². The standard InChI is InChI=1S/C29H47N3O6/c1-16(2)12-23(19(7)13-20(8)26(34)32-25(18(5)6)29(37)38)30-27(35)21-10-9-11-22(14-21)28(36)31-24(15-33)17(3)4/h9-11,14,16-20,23-25,33H,12-13,15H2,1-8H3,(H,30,35)(H,31,36)(H,32,34)(H,37,38)/t19?,20-,23+,24-,25+/m1/s1. The number of hydrogen-bond donors (Lipinski definition) is 5. The maximum absolute atomic E-state index is 13.2. The maximum Gasteiger partial charge on any atom is 0.326 e. The molecule has 0 aliphatic rings. The smallest absolute Gasteiger partial charge is 0.326 e. The second-order valence-corrected chi connectivity index (χ2v) is 11.5. The first-order chi connectivity index (χ1) is 17.7. The van der Waals surface area contributed by atoms with Gasteiger partial charge in [-0.2, -0.15) is 0 Å². The van der Waals surface area contributed by atoms with Crippen LogP contribution in [0.25, 0.3) is 0 Å². The highest BCUT2D eigenvalue weighted by molar-refractivity contribution is 5.99. The van der Waals surface area contributed by atoms with Crippen LogP contribution in [0.2, 0.25) is 0 Å². The number of aliphatic hydroxyl groups excluding tert-OH is 1. The van der Waals surface area contributed by atoms with Crippen molar-refractivity contribution in [2.45, 2.75) is 86.4 Å². The number of carboxylic acid groups (broad SMARTS) is 1. The van der Waals surface area contributed by atoms with Gasteiger partial charge in [-0.15, -0.1) is 0 Å². The molecule has 1 aromatic rings. The zero-order valence-electron chi connectivity index (χ0n) is 24.1. The number of nitrogens with one attached hydrogen (secondary N) is 3. The molecule has 0 saturated heterocycles. The van der Waals surface area contributed by atoms with Gasteiger partial charge in [0.2, 0.25) is 5.91 Å². The molecule has 0 aromatic heterocycles. The molecule has 1 unspecified atom stereocenters. The van der Waals surface area contributed by atoms with E-state index in [0.717, 1.165) is 0 Å². The Morgan fingerprint density at radius 2 is 1.29 bits per heavy atom. The van der Waals surface area contributed by atoms with Crippen LogP contribution in [0.15, 0.2) is 24.3 Å². The van der Waals surface area contributed by atoms with Crippen LogP contribution in [0.5, 0.6) is 0 Å². The van der Waals surface area contributed by atoms with E-state index in [4.69, 9.17) is 0 Å². The number of carboxylic acids is 1. The Morgan fingerprint density at radius 1 is 0.763 bits per heavy atom. The first kappa shape index (κ1) is 33.1. The van der Waals surface area contributed by atoms with Crippen molar-refractivity contribution in [1.82, 2.24) is 16.0 Å². The van der Waals surface area contributed by atoms with Crippen LogP contribution in [-0.4, -0.2) is 58.6 Å². The average molecular weight is 534 g/mol. The normalized spacial score (nSPS) is 15.5. The van der Waals surface area contributed by atoms with E-state index < -0.39 is 17.9 Å². The van der Waals surface area contributed by atoms with E-state index >= 15 is 0 Å². The number of carbonyl (C=O) groups excluding carboxylic acids is 3. The van der Waals surface area contributed by atoms with Gasteiger partial charge < -0.3 is 26.2 Å². The number of benzene rings is 1. The van der Waals surface area contributed by atoms with Crippen molar-refractivity contribution >= 4 is 23.7 Å². The second kappa shape index (κ2) is 15.5. The Balaban J connectivity index is 2.96. The Bertz CT molecular complexity index is 946. The first-order valence-corrected chi connectivity index (χ1v) is 13.5. The minimum absolute atomic E-state index is 0.0542. The quantitative estimate of drug-likeness (QED) is 0.233. The van der Waals surface area contributed by atoms with Gasteiger partial charge in [-0.25, -0.2) is 4.79 Å². The van der Waals surface area contributed by atoms with Gasteiger partial charge in [-0.1, -0.05) is 61.5 Å². The molecule has 0 aliphatic carbocycles. The molecule has 0 heterocycles. The van der Waals surface area contributed by atoms with Gasteiger partial charge in [0.25, 0.3) is 11.8 Å². The van der Waals surface area contributed by atoms with E-state index in [9.17, 15) is 29.4 Å². The molecule has 9 nitrogen and oxygen atoms in total. The summed E-state index contributed by atoms with van der Waals surface area (Å²) in [5.74, 6) is -2.47. The largest absolute Gasteiger partial charge is 0.480 e. The van der Waals surface area contributed by atoms with Crippen LogP contribution >= 0.6 is 0 Å². The van der Waals surface area contributed by atoms with E-state index in [1.807, 2.05) is 20.8 Å². The molecule has 1 rings (SSSR count). The summed E-state index contributed by atoms with van der Waals surface area (Å²) in [4.78, 5) is 50.1. The number of hydrogen-bond acceptors (Lipinski definition) is 5. The van der Waals surface area contributed by atoms with Crippen LogP contribution < -0.4 is 16.0 Å². The molecule has 3 amide bonds. The van der Waals surface area contributed by atoms with Crippen molar-refractivity contribution in [3.05, 3.63) is 35.4 Å². The average Bonchev–Trinajstić information content (AvgIpc) is 2.83. The summed E-state index contributed by atoms with van der Waals surface area (Å²) in [7, 11) is 0. The number of amides is 3. The van der Waals surface area contributed by atoms with Crippen LogP contribution in [-0.2, 0) is 9.59 Å². The second-order valence-electron chi connectivity index (χ2n) is 11.5. The van der Waals surface area contributed by atoms with Crippen molar-refractivity contribution in [3.63, 3.8) is 0 Å².